The summed E-state index contributed by atoms with van der Waals surface area (Å²) in [5, 5.41) is 10.3. The Balaban J connectivity index is 1.18. The van der Waals surface area contributed by atoms with Gasteiger partial charge in [0.15, 0.2) is 0 Å². The fourth-order valence-electron chi connectivity index (χ4n) is 7.29. The summed E-state index contributed by atoms with van der Waals surface area (Å²) in [6.45, 7) is 4.77. The monoisotopic (exact) mass is 547 g/mol. The van der Waals surface area contributed by atoms with E-state index in [-0.39, 0.29) is 24.1 Å². The van der Waals surface area contributed by atoms with Gasteiger partial charge < -0.3 is 19.6 Å². The molecule has 1 N–H and O–H groups in total. The Morgan fingerprint density at radius 1 is 0.925 bits per heavy atom. The quantitative estimate of drug-likeness (QED) is 0.449. The molecular formula is C33H45N3O4. The van der Waals surface area contributed by atoms with Gasteiger partial charge in [-0.15, -0.1) is 0 Å². The van der Waals surface area contributed by atoms with Crippen LogP contribution in [0.25, 0.3) is 0 Å². The highest BCUT2D eigenvalue weighted by Crippen LogP contribution is 2.38. The van der Waals surface area contributed by atoms with E-state index in [0.717, 1.165) is 76.8 Å². The molecule has 5 rings (SSSR count). The number of benzene rings is 2. The Hall–Kier alpha value is -2.90. The first-order valence-electron chi connectivity index (χ1n) is 15.2. The van der Waals surface area contributed by atoms with Crippen LogP contribution in [0.3, 0.4) is 0 Å². The zero-order valence-corrected chi connectivity index (χ0v) is 23.9. The molecule has 2 aromatic carbocycles. The lowest BCUT2D eigenvalue weighted by molar-refractivity contribution is -0.145. The molecule has 3 fully saturated rings. The highest BCUT2D eigenvalue weighted by Gasteiger charge is 2.43. The molecule has 0 radical (unpaired) electrons. The first kappa shape index (κ1) is 28.6. The van der Waals surface area contributed by atoms with Crippen LogP contribution in [-0.4, -0.2) is 83.7 Å². The minimum absolute atomic E-state index is 0.173. The molecule has 40 heavy (non-hydrogen) atoms. The van der Waals surface area contributed by atoms with E-state index in [1.165, 1.54) is 12.0 Å². The van der Waals surface area contributed by atoms with Gasteiger partial charge in [-0.2, -0.15) is 0 Å². The molecule has 0 spiro atoms. The summed E-state index contributed by atoms with van der Waals surface area (Å²) >= 11 is 0. The van der Waals surface area contributed by atoms with E-state index in [2.05, 4.69) is 40.1 Å². The number of piperidine rings is 1. The number of aliphatic carboxylic acids is 1. The van der Waals surface area contributed by atoms with Crippen molar-refractivity contribution in [2.45, 2.75) is 69.6 Å². The van der Waals surface area contributed by atoms with Gasteiger partial charge in [-0.3, -0.25) is 9.69 Å². The van der Waals surface area contributed by atoms with Gasteiger partial charge >= 0.3 is 12.1 Å². The third-order valence-corrected chi connectivity index (χ3v) is 9.53. The maximum atomic E-state index is 12.7. The van der Waals surface area contributed by atoms with Crippen molar-refractivity contribution in [3.63, 3.8) is 0 Å². The number of carbonyl (C=O) groups is 2. The highest BCUT2D eigenvalue weighted by atomic mass is 16.6. The maximum absolute atomic E-state index is 12.7. The number of hydrogen-bond donors (Lipinski definition) is 1. The summed E-state index contributed by atoms with van der Waals surface area (Å²) in [5.41, 5.74) is 2.31. The Bertz CT molecular complexity index is 1080. The number of carbonyl (C=O) groups excluding carboxylic acids is 1. The van der Waals surface area contributed by atoms with E-state index >= 15 is 0 Å². The lowest BCUT2D eigenvalue weighted by Crippen LogP contribution is -2.48. The first-order valence-corrected chi connectivity index (χ1v) is 15.2. The van der Waals surface area contributed by atoms with Crippen LogP contribution in [0.15, 0.2) is 60.7 Å². The summed E-state index contributed by atoms with van der Waals surface area (Å²) < 4.78 is 5.56. The predicted octanol–water partition coefficient (Wildman–Crippen LogP) is 5.47. The number of carboxylic acids is 1. The van der Waals surface area contributed by atoms with Crippen LogP contribution in [0.2, 0.25) is 0 Å². The van der Waals surface area contributed by atoms with E-state index < -0.39 is 5.97 Å². The zero-order chi connectivity index (χ0) is 27.9. The Kier molecular flexibility index (Phi) is 9.76. The van der Waals surface area contributed by atoms with Gasteiger partial charge in [0.1, 0.15) is 12.6 Å². The smallest absolute Gasteiger partial charge is 0.410 e. The average molecular weight is 548 g/mol. The van der Waals surface area contributed by atoms with Gasteiger partial charge in [0.2, 0.25) is 0 Å². The van der Waals surface area contributed by atoms with Gasteiger partial charge in [0, 0.05) is 51.7 Å². The lowest BCUT2D eigenvalue weighted by atomic mass is 9.83. The number of hydrogen-bond acceptors (Lipinski definition) is 5. The second-order valence-corrected chi connectivity index (χ2v) is 12.1. The van der Waals surface area contributed by atoms with Crippen molar-refractivity contribution >= 4 is 12.1 Å². The molecule has 7 nitrogen and oxygen atoms in total. The fraction of sp³-hybridized carbons (Fsp3) is 0.576. The predicted molar refractivity (Wildman–Crippen MR) is 156 cm³/mol. The van der Waals surface area contributed by atoms with Crippen LogP contribution < -0.4 is 0 Å². The molecule has 3 atom stereocenters. The van der Waals surface area contributed by atoms with Crippen LogP contribution >= 0.6 is 0 Å². The molecular weight excluding hydrogens is 502 g/mol. The summed E-state index contributed by atoms with van der Waals surface area (Å²) in [6, 6.07) is 20.3. The second kappa shape index (κ2) is 13.6. The molecule has 2 saturated heterocycles. The Morgan fingerprint density at radius 2 is 1.57 bits per heavy atom. The van der Waals surface area contributed by atoms with Crippen molar-refractivity contribution < 1.29 is 19.4 Å². The van der Waals surface area contributed by atoms with Crippen molar-refractivity contribution in [2.75, 3.05) is 39.8 Å². The molecule has 7 heteroatoms. The number of nitrogens with zero attached hydrogens (tertiary/aromatic N) is 3. The van der Waals surface area contributed by atoms with Gasteiger partial charge in [-0.25, -0.2) is 4.79 Å². The molecule has 2 aromatic rings. The summed E-state index contributed by atoms with van der Waals surface area (Å²) in [6.07, 6.45) is 7.17. The molecule has 216 valence electrons. The minimum atomic E-state index is -0.651. The van der Waals surface area contributed by atoms with Crippen LogP contribution in [0.4, 0.5) is 4.79 Å². The van der Waals surface area contributed by atoms with Crippen molar-refractivity contribution in [1.29, 1.82) is 0 Å². The van der Waals surface area contributed by atoms with E-state index in [4.69, 9.17) is 4.74 Å². The van der Waals surface area contributed by atoms with E-state index in [9.17, 15) is 14.7 Å². The average Bonchev–Trinajstić information content (AvgIpc) is 3.40. The van der Waals surface area contributed by atoms with Crippen molar-refractivity contribution in [3.8, 4) is 0 Å². The van der Waals surface area contributed by atoms with Gasteiger partial charge in [-0.1, -0.05) is 79.9 Å². The number of ether oxygens (including phenoxy) is 1. The minimum Gasteiger partial charge on any atom is -0.480 e. The molecule has 0 unspecified atom stereocenters. The van der Waals surface area contributed by atoms with Crippen LogP contribution in [-0.2, 0) is 16.1 Å². The first-order chi connectivity index (χ1) is 19.5. The SMILES string of the molecule is CN(C(=O)OCc1ccccc1)C1CCN(C[C@H]2CN([C@@H](C(=O)O)C3CCCCC3)C[C@@H]2c2ccccc2)CC1. The molecule has 0 aromatic heterocycles. The summed E-state index contributed by atoms with van der Waals surface area (Å²) in [7, 11) is 1.85. The van der Waals surface area contributed by atoms with E-state index in [1.807, 2.05) is 37.4 Å². The number of likely N-dealkylation sites (tertiary alicyclic amines) is 2. The van der Waals surface area contributed by atoms with Crippen molar-refractivity contribution in [3.05, 3.63) is 71.8 Å². The molecule has 1 saturated carbocycles. The fourth-order valence-corrected chi connectivity index (χ4v) is 7.29. The topological polar surface area (TPSA) is 73.3 Å². The zero-order valence-electron chi connectivity index (χ0n) is 23.9. The molecule has 0 bridgehead atoms. The maximum Gasteiger partial charge on any atom is 0.410 e. The van der Waals surface area contributed by atoms with Gasteiger partial charge in [0.05, 0.1) is 0 Å². The van der Waals surface area contributed by atoms with E-state index in [1.54, 1.807) is 4.90 Å². The number of rotatable bonds is 9. The van der Waals surface area contributed by atoms with E-state index in [0.29, 0.717) is 18.4 Å². The van der Waals surface area contributed by atoms with Crippen molar-refractivity contribution in [1.82, 2.24) is 14.7 Å². The van der Waals surface area contributed by atoms with Crippen LogP contribution in [0.5, 0.6) is 0 Å². The van der Waals surface area contributed by atoms with Gasteiger partial charge in [-0.05, 0) is 48.6 Å². The Labute approximate surface area is 239 Å². The third-order valence-electron chi connectivity index (χ3n) is 9.53. The third kappa shape index (κ3) is 7.05. The summed E-state index contributed by atoms with van der Waals surface area (Å²) in [5.74, 6) is 0.328. The standard InChI is InChI=1S/C33H45N3O4/c1-34(33(39)40-24-25-11-5-2-6-12-25)29-17-19-35(20-18-29)21-28-22-36(23-30(28)26-13-7-3-8-14-26)31(32(37)38)27-15-9-4-10-16-27/h2-3,5-8,11-14,27-31H,4,9-10,15-24H2,1H3,(H,37,38)/t28-,30+,31+/m0/s1. The van der Waals surface area contributed by atoms with Gasteiger partial charge in [0.25, 0.3) is 0 Å². The lowest BCUT2D eigenvalue weighted by Gasteiger charge is -2.38. The largest absolute Gasteiger partial charge is 0.480 e. The molecule has 2 heterocycles. The molecule has 3 aliphatic rings. The Morgan fingerprint density at radius 3 is 2.23 bits per heavy atom. The molecule has 1 aliphatic carbocycles. The molecule has 1 amide bonds. The normalized spacial score (nSPS) is 24.0. The number of carboxylic acid groups (broad SMARTS) is 1. The highest BCUT2D eigenvalue weighted by molar-refractivity contribution is 5.74. The van der Waals surface area contributed by atoms with Crippen LogP contribution in [0, 0.1) is 11.8 Å². The van der Waals surface area contributed by atoms with Crippen LogP contribution in [0.1, 0.15) is 62.0 Å². The van der Waals surface area contributed by atoms with Crippen molar-refractivity contribution in [2.24, 2.45) is 11.8 Å². The molecule has 2 aliphatic heterocycles. The summed E-state index contributed by atoms with van der Waals surface area (Å²) in [4.78, 5) is 31.8. The second-order valence-electron chi connectivity index (χ2n) is 12.1. The number of amides is 1.